The number of anilines is 1. The van der Waals surface area contributed by atoms with Crippen LogP contribution in [0.5, 0.6) is 0 Å². The average Bonchev–Trinajstić information content (AvgIpc) is 3.57. The van der Waals surface area contributed by atoms with Gasteiger partial charge in [0.25, 0.3) is 22.0 Å². The number of carbonyl (C=O) groups is 4. The molecule has 2 aromatic heterocycles. The van der Waals surface area contributed by atoms with Crippen LogP contribution in [0.25, 0.3) is 10.1 Å². The fourth-order valence-electron chi connectivity index (χ4n) is 4.80. The summed E-state index contributed by atoms with van der Waals surface area (Å²) in [4.78, 5) is 87.7. The van der Waals surface area contributed by atoms with Crippen LogP contribution in [0, 0.1) is 25.6 Å². The van der Waals surface area contributed by atoms with Crippen LogP contribution in [0.1, 0.15) is 44.7 Å². The van der Waals surface area contributed by atoms with Crippen molar-refractivity contribution in [3.8, 4) is 0 Å². The molecule has 0 saturated heterocycles. The molecule has 1 N–H and O–H groups in total. The van der Waals surface area contributed by atoms with Gasteiger partial charge < -0.3 is 19.7 Å². The van der Waals surface area contributed by atoms with E-state index in [1.165, 1.54) is 11.3 Å². The van der Waals surface area contributed by atoms with Crippen molar-refractivity contribution in [3.63, 3.8) is 0 Å². The van der Waals surface area contributed by atoms with Gasteiger partial charge in [0, 0.05) is 18.9 Å². The van der Waals surface area contributed by atoms with E-state index in [9.17, 15) is 39.4 Å². The molecule has 0 unspecified atom stereocenters. The van der Waals surface area contributed by atoms with Gasteiger partial charge in [-0.1, -0.05) is 36.4 Å². The van der Waals surface area contributed by atoms with E-state index in [0.29, 0.717) is 16.1 Å². The Kier molecular flexibility index (Phi) is 9.36. The van der Waals surface area contributed by atoms with Gasteiger partial charge in [0.05, 0.1) is 26.7 Å². The zero-order valence-electron chi connectivity index (χ0n) is 24.5. The van der Waals surface area contributed by atoms with Crippen molar-refractivity contribution in [2.75, 3.05) is 25.1 Å². The number of aromatic nitrogens is 1. The average molecular weight is 664 g/mol. The van der Waals surface area contributed by atoms with E-state index in [2.05, 4.69) is 20.0 Å². The Hall–Kier alpha value is -5.97. The summed E-state index contributed by atoms with van der Waals surface area (Å²) in [6.45, 7) is -1.14. The van der Waals surface area contributed by atoms with Gasteiger partial charge in [0.15, 0.2) is 0 Å². The van der Waals surface area contributed by atoms with Crippen molar-refractivity contribution < 1.29 is 43.8 Å². The quantitative estimate of drug-likeness (QED) is 0.0884. The van der Waals surface area contributed by atoms with E-state index >= 15 is 0 Å². The molecule has 3 amide bonds. The first-order chi connectivity index (χ1) is 22.4. The molecule has 17 heteroatoms. The number of esters is 1. The second-order valence-corrected chi connectivity index (χ2v) is 11.8. The number of nitrogens with zero attached hydrogens (tertiary/aromatic N) is 4. The molecule has 242 valence electrons. The van der Waals surface area contributed by atoms with Crippen LogP contribution in [0.2, 0.25) is 0 Å². The molecule has 0 saturated carbocycles. The minimum atomic E-state index is -1.88. The summed E-state index contributed by atoms with van der Waals surface area (Å²) in [6, 6.07) is 16.2. The molecule has 5 rings (SSSR count). The minimum absolute atomic E-state index is 0.241. The molecule has 1 aliphatic heterocycles. The Bertz CT molecular complexity index is 1790. The Balaban J connectivity index is 1.34. The number of fused-ring (bicyclic) bond motifs is 2. The Morgan fingerprint density at radius 2 is 1.60 bits per heavy atom. The van der Waals surface area contributed by atoms with E-state index in [4.69, 9.17) is 4.74 Å². The molecule has 0 fully saturated rings. The lowest BCUT2D eigenvalue weighted by Crippen LogP contribution is -2.40. The topological polar surface area (TPSA) is 210 Å². The third kappa shape index (κ3) is 7.30. The van der Waals surface area contributed by atoms with Crippen LogP contribution in [0.3, 0.4) is 0 Å². The Morgan fingerprint density at radius 1 is 0.979 bits per heavy atom. The lowest BCUT2D eigenvalue weighted by Gasteiger charge is -2.25. The first-order valence-corrected chi connectivity index (χ1v) is 14.7. The van der Waals surface area contributed by atoms with Crippen LogP contribution in [-0.2, 0) is 30.6 Å². The Labute approximate surface area is 269 Å². The van der Waals surface area contributed by atoms with Crippen LogP contribution < -0.4 is 5.32 Å². The first kappa shape index (κ1) is 32.4. The van der Waals surface area contributed by atoms with E-state index in [-0.39, 0.29) is 24.3 Å². The maximum Gasteiger partial charge on any atom is 0.316 e. The SMILES string of the molecule is CC(CO[N+](=O)[O-])(CO[N+](=O)[O-])C(=O)OCc1ccc([C@@H](CN2C(=O)c3ccccc3C2=O)C(=O)Nc2cc3ccncc3s2)cc1. The summed E-state index contributed by atoms with van der Waals surface area (Å²) < 4.78 is 6.11. The molecule has 1 aliphatic rings. The normalized spacial score (nSPS) is 13.2. The van der Waals surface area contributed by atoms with Crippen molar-refractivity contribution in [1.82, 2.24) is 9.88 Å². The van der Waals surface area contributed by atoms with Crippen molar-refractivity contribution >= 4 is 50.1 Å². The van der Waals surface area contributed by atoms with Gasteiger partial charge in [0.1, 0.15) is 25.2 Å². The summed E-state index contributed by atoms with van der Waals surface area (Å²) in [7, 11) is 0. The predicted octanol–water partition coefficient (Wildman–Crippen LogP) is 3.78. The molecule has 3 heterocycles. The maximum absolute atomic E-state index is 13.7. The summed E-state index contributed by atoms with van der Waals surface area (Å²) in [5.41, 5.74) is -0.513. The van der Waals surface area contributed by atoms with E-state index in [0.717, 1.165) is 21.9 Å². The number of rotatable bonds is 14. The van der Waals surface area contributed by atoms with Gasteiger partial charge in [-0.25, -0.2) is 0 Å². The third-order valence-corrected chi connectivity index (χ3v) is 8.35. The number of hydrogen-bond acceptors (Lipinski definition) is 13. The first-order valence-electron chi connectivity index (χ1n) is 13.9. The molecule has 0 radical (unpaired) electrons. The van der Waals surface area contributed by atoms with E-state index in [1.54, 1.807) is 73.1 Å². The number of ether oxygens (including phenoxy) is 1. The fourth-order valence-corrected chi connectivity index (χ4v) is 5.73. The molecule has 16 nitrogen and oxygen atoms in total. The van der Waals surface area contributed by atoms with Gasteiger partial charge in [0.2, 0.25) is 5.91 Å². The standard InChI is InChI=1S/C30H25N5O11S/c1-30(16-45-34(40)41,17-46-35(42)43)29(39)44-15-18-6-8-19(9-7-18)23(14-33-27(37)21-4-2-3-5-22(21)28(33)38)26(36)32-25-12-20-10-11-31-13-24(20)47-25/h2-13,23H,14-17H2,1H3,(H,32,36)/t23-/m1/s1. The molecular formula is C30H25N5O11S. The monoisotopic (exact) mass is 663 g/mol. The highest BCUT2D eigenvalue weighted by molar-refractivity contribution is 7.22. The van der Waals surface area contributed by atoms with Gasteiger partial charge in [-0.05, 0) is 47.7 Å². The smallest absolute Gasteiger partial charge is 0.316 e. The second kappa shape index (κ2) is 13.6. The van der Waals surface area contributed by atoms with Gasteiger partial charge in [-0.15, -0.1) is 31.6 Å². The van der Waals surface area contributed by atoms with Crippen molar-refractivity contribution in [2.24, 2.45) is 5.41 Å². The van der Waals surface area contributed by atoms with Crippen molar-refractivity contribution in [1.29, 1.82) is 0 Å². The fraction of sp³-hybridized carbons (Fsp3) is 0.233. The highest BCUT2D eigenvalue weighted by Crippen LogP contribution is 2.32. The molecule has 0 spiro atoms. The van der Waals surface area contributed by atoms with Gasteiger partial charge >= 0.3 is 5.97 Å². The summed E-state index contributed by atoms with van der Waals surface area (Å²) in [5, 5.41) is 23.3. The zero-order chi connectivity index (χ0) is 33.7. The number of pyridine rings is 1. The van der Waals surface area contributed by atoms with Crippen LogP contribution in [-0.4, -0.2) is 63.5 Å². The molecular weight excluding hydrogens is 638 g/mol. The third-order valence-electron chi connectivity index (χ3n) is 7.35. The maximum atomic E-state index is 13.7. The highest BCUT2D eigenvalue weighted by atomic mass is 32.1. The van der Waals surface area contributed by atoms with E-state index in [1.807, 2.05) is 0 Å². The Morgan fingerprint density at radius 3 is 2.17 bits per heavy atom. The number of benzene rings is 2. The summed E-state index contributed by atoms with van der Waals surface area (Å²) >= 11 is 1.31. The van der Waals surface area contributed by atoms with Gasteiger partial charge in [-0.3, -0.25) is 29.1 Å². The van der Waals surface area contributed by atoms with E-state index < -0.39 is 58.4 Å². The number of amides is 3. The van der Waals surface area contributed by atoms with Crippen LogP contribution >= 0.6 is 11.3 Å². The molecule has 4 aromatic rings. The molecule has 0 bridgehead atoms. The van der Waals surface area contributed by atoms with Crippen molar-refractivity contribution in [2.45, 2.75) is 19.4 Å². The summed E-state index contributed by atoms with van der Waals surface area (Å²) in [5.74, 6) is -3.58. The largest absolute Gasteiger partial charge is 0.460 e. The number of carbonyl (C=O) groups excluding carboxylic acids is 4. The lowest BCUT2D eigenvalue weighted by molar-refractivity contribution is -0.770. The highest BCUT2D eigenvalue weighted by Gasteiger charge is 2.39. The van der Waals surface area contributed by atoms with Crippen molar-refractivity contribution in [3.05, 3.63) is 116 Å². The molecule has 2 aromatic carbocycles. The lowest BCUT2D eigenvalue weighted by atomic mass is 9.93. The number of imide groups is 1. The summed E-state index contributed by atoms with van der Waals surface area (Å²) in [6.07, 6.45) is 3.30. The molecule has 0 aliphatic carbocycles. The van der Waals surface area contributed by atoms with Crippen LogP contribution in [0.15, 0.2) is 73.1 Å². The minimum Gasteiger partial charge on any atom is -0.460 e. The number of hydrogen-bond donors (Lipinski definition) is 1. The van der Waals surface area contributed by atoms with Gasteiger partial charge in [-0.2, -0.15) is 0 Å². The zero-order valence-corrected chi connectivity index (χ0v) is 25.3. The number of thiophene rings is 1. The second-order valence-electron chi connectivity index (χ2n) is 10.7. The van der Waals surface area contributed by atoms with Crippen LogP contribution in [0.4, 0.5) is 5.00 Å². The predicted molar refractivity (Wildman–Crippen MR) is 163 cm³/mol. The number of nitrogens with one attached hydrogen (secondary N) is 1. The molecule has 1 atom stereocenters. The molecule has 47 heavy (non-hydrogen) atoms.